The maximum atomic E-state index is 13.5. The predicted octanol–water partition coefficient (Wildman–Crippen LogP) is 5.49. The van der Waals surface area contributed by atoms with Crippen LogP contribution >= 0.6 is 0 Å². The molecule has 0 aliphatic rings. The minimum atomic E-state index is -0.0638. The van der Waals surface area contributed by atoms with E-state index in [1.54, 1.807) is 6.08 Å². The number of allylic oxidation sites excluding steroid dienone is 1. The Morgan fingerprint density at radius 1 is 0.838 bits per heavy atom. The molecule has 0 N–H and O–H groups in total. The van der Waals surface area contributed by atoms with Crippen molar-refractivity contribution in [1.82, 2.24) is 14.7 Å². The predicted molar refractivity (Wildman–Crippen MR) is 155 cm³/mol. The number of hydrogen-bond donors (Lipinski definition) is 0. The van der Waals surface area contributed by atoms with Gasteiger partial charge in [0.05, 0.1) is 5.56 Å². The highest BCUT2D eigenvalue weighted by atomic mass is 16.5. The molecule has 0 spiro atoms. The molecule has 3 aromatic rings. The van der Waals surface area contributed by atoms with Gasteiger partial charge in [0.1, 0.15) is 12.4 Å². The van der Waals surface area contributed by atoms with Crippen LogP contribution in [0, 0.1) is 6.92 Å². The molecule has 0 radical (unpaired) electrons. The Morgan fingerprint density at radius 2 is 1.54 bits per heavy atom. The molecule has 0 unspecified atom stereocenters. The molecule has 0 fully saturated rings. The van der Waals surface area contributed by atoms with Crippen LogP contribution in [0.25, 0.3) is 17.2 Å². The maximum absolute atomic E-state index is 13.5. The molecule has 196 valence electrons. The highest BCUT2D eigenvalue weighted by molar-refractivity contribution is 6.09. The SMILES string of the molecule is Cc1ccccc1-c1ccc(OCCN(C)C)c(C(=O)/C=C/c2ccccc2CN(C)CCN(C)C)c1. The Balaban J connectivity index is 1.87. The molecule has 0 heterocycles. The Bertz CT molecular complexity index is 1200. The highest BCUT2D eigenvalue weighted by Gasteiger charge is 2.14. The molecule has 0 bridgehead atoms. The zero-order valence-corrected chi connectivity index (χ0v) is 23.2. The number of carbonyl (C=O) groups excluding carboxylic acids is 1. The summed E-state index contributed by atoms with van der Waals surface area (Å²) in [5, 5.41) is 0. The summed E-state index contributed by atoms with van der Waals surface area (Å²) in [7, 11) is 10.3. The summed E-state index contributed by atoms with van der Waals surface area (Å²) in [6.45, 7) is 6.18. The van der Waals surface area contributed by atoms with Crippen molar-refractivity contribution in [3.05, 3.63) is 95.1 Å². The first-order chi connectivity index (χ1) is 17.7. The molecule has 37 heavy (non-hydrogen) atoms. The van der Waals surface area contributed by atoms with Crippen molar-refractivity contribution in [3.8, 4) is 16.9 Å². The first-order valence-electron chi connectivity index (χ1n) is 12.9. The maximum Gasteiger partial charge on any atom is 0.189 e. The van der Waals surface area contributed by atoms with E-state index in [9.17, 15) is 4.79 Å². The summed E-state index contributed by atoms with van der Waals surface area (Å²) >= 11 is 0. The van der Waals surface area contributed by atoms with Gasteiger partial charge >= 0.3 is 0 Å². The molecule has 0 saturated heterocycles. The van der Waals surface area contributed by atoms with Gasteiger partial charge in [0.2, 0.25) is 0 Å². The molecule has 3 aromatic carbocycles. The zero-order valence-electron chi connectivity index (χ0n) is 23.2. The van der Waals surface area contributed by atoms with Crippen molar-refractivity contribution in [2.75, 3.05) is 61.5 Å². The average Bonchev–Trinajstić information content (AvgIpc) is 2.87. The summed E-state index contributed by atoms with van der Waals surface area (Å²) in [6, 6.07) is 22.4. The summed E-state index contributed by atoms with van der Waals surface area (Å²) in [5.41, 5.74) is 6.13. The third-order valence-corrected chi connectivity index (χ3v) is 6.34. The van der Waals surface area contributed by atoms with Gasteiger partial charge in [0, 0.05) is 26.2 Å². The average molecular weight is 500 g/mol. The van der Waals surface area contributed by atoms with Crippen molar-refractivity contribution < 1.29 is 9.53 Å². The number of likely N-dealkylation sites (N-methyl/N-ethyl adjacent to an activating group) is 3. The molecule has 5 nitrogen and oxygen atoms in total. The van der Waals surface area contributed by atoms with Crippen LogP contribution in [0.1, 0.15) is 27.0 Å². The van der Waals surface area contributed by atoms with E-state index in [1.165, 1.54) is 11.1 Å². The fraction of sp³-hybridized carbons (Fsp3) is 0.344. The number of carbonyl (C=O) groups is 1. The van der Waals surface area contributed by atoms with Gasteiger partial charge in [-0.2, -0.15) is 0 Å². The van der Waals surface area contributed by atoms with Crippen LogP contribution < -0.4 is 4.74 Å². The quantitative estimate of drug-likeness (QED) is 0.230. The van der Waals surface area contributed by atoms with Gasteiger partial charge in [-0.25, -0.2) is 0 Å². The lowest BCUT2D eigenvalue weighted by Crippen LogP contribution is -2.28. The number of hydrogen-bond acceptors (Lipinski definition) is 5. The van der Waals surface area contributed by atoms with Crippen molar-refractivity contribution >= 4 is 11.9 Å². The second-order valence-electron chi connectivity index (χ2n) is 10.1. The van der Waals surface area contributed by atoms with E-state index in [1.807, 2.05) is 56.6 Å². The van der Waals surface area contributed by atoms with Crippen molar-refractivity contribution in [2.45, 2.75) is 13.5 Å². The van der Waals surface area contributed by atoms with Crippen molar-refractivity contribution in [3.63, 3.8) is 0 Å². The van der Waals surface area contributed by atoms with E-state index in [0.717, 1.165) is 42.9 Å². The Hall–Kier alpha value is -3.25. The molecule has 0 aromatic heterocycles. The van der Waals surface area contributed by atoms with E-state index in [4.69, 9.17) is 4.74 Å². The van der Waals surface area contributed by atoms with Crippen LogP contribution in [-0.4, -0.2) is 82.0 Å². The van der Waals surface area contributed by atoms with Crippen LogP contribution in [0.2, 0.25) is 0 Å². The molecule has 0 aliphatic carbocycles. The summed E-state index contributed by atoms with van der Waals surface area (Å²) in [4.78, 5) is 20.1. The second kappa shape index (κ2) is 13.9. The number of ether oxygens (including phenoxy) is 1. The van der Waals surface area contributed by atoms with Gasteiger partial charge < -0.3 is 19.4 Å². The van der Waals surface area contributed by atoms with E-state index in [0.29, 0.717) is 17.9 Å². The zero-order chi connectivity index (χ0) is 26.8. The molecule has 5 heteroatoms. The smallest absolute Gasteiger partial charge is 0.189 e. The number of rotatable bonds is 13. The molecular formula is C32H41N3O2. The second-order valence-corrected chi connectivity index (χ2v) is 10.1. The lowest BCUT2D eigenvalue weighted by atomic mass is 9.96. The normalized spacial score (nSPS) is 11.7. The van der Waals surface area contributed by atoms with Gasteiger partial charge in [-0.3, -0.25) is 4.79 Å². The minimum Gasteiger partial charge on any atom is -0.491 e. The van der Waals surface area contributed by atoms with E-state index in [2.05, 4.69) is 73.1 Å². The van der Waals surface area contributed by atoms with Gasteiger partial charge in [-0.15, -0.1) is 0 Å². The van der Waals surface area contributed by atoms with E-state index < -0.39 is 0 Å². The largest absolute Gasteiger partial charge is 0.491 e. The fourth-order valence-electron chi connectivity index (χ4n) is 4.09. The first kappa shape index (κ1) is 28.3. The van der Waals surface area contributed by atoms with Crippen LogP contribution in [-0.2, 0) is 6.54 Å². The molecule has 0 amide bonds. The summed E-state index contributed by atoms with van der Waals surface area (Å²) in [5.74, 6) is 0.552. The van der Waals surface area contributed by atoms with E-state index >= 15 is 0 Å². The number of ketones is 1. The van der Waals surface area contributed by atoms with Gasteiger partial charge in [-0.1, -0.05) is 60.7 Å². The topological polar surface area (TPSA) is 36.0 Å². The van der Waals surface area contributed by atoms with E-state index in [-0.39, 0.29) is 5.78 Å². The fourth-order valence-corrected chi connectivity index (χ4v) is 4.09. The monoisotopic (exact) mass is 499 g/mol. The van der Waals surface area contributed by atoms with Crippen LogP contribution in [0.4, 0.5) is 0 Å². The van der Waals surface area contributed by atoms with Crippen molar-refractivity contribution in [2.24, 2.45) is 0 Å². The van der Waals surface area contributed by atoms with Crippen LogP contribution in [0.3, 0.4) is 0 Å². The molecular weight excluding hydrogens is 458 g/mol. The first-order valence-corrected chi connectivity index (χ1v) is 12.9. The highest BCUT2D eigenvalue weighted by Crippen LogP contribution is 2.29. The number of benzene rings is 3. The third-order valence-electron chi connectivity index (χ3n) is 6.34. The molecule has 0 aliphatic heterocycles. The summed E-state index contributed by atoms with van der Waals surface area (Å²) < 4.78 is 6.06. The van der Waals surface area contributed by atoms with Gasteiger partial charge in [0.25, 0.3) is 0 Å². The van der Waals surface area contributed by atoms with Gasteiger partial charge in [-0.05, 0) is 88.2 Å². The standard InChI is InChI=1S/C32H41N3O2/c1-25-11-7-10-14-29(25)27-16-18-32(37-22-21-34(4)5)30(23-27)31(36)17-15-26-12-8-9-13-28(26)24-35(6)20-19-33(2)3/h7-18,23H,19-22,24H2,1-6H3/b17-15+. The van der Waals surface area contributed by atoms with Gasteiger partial charge in [0.15, 0.2) is 5.78 Å². The molecule has 3 rings (SSSR count). The summed E-state index contributed by atoms with van der Waals surface area (Å²) in [6.07, 6.45) is 3.61. The third kappa shape index (κ3) is 8.67. The number of aryl methyl sites for hydroxylation is 1. The van der Waals surface area contributed by atoms with Crippen LogP contribution in [0.15, 0.2) is 72.8 Å². The Labute approximate surface area is 223 Å². The lowest BCUT2D eigenvalue weighted by Gasteiger charge is -2.20. The van der Waals surface area contributed by atoms with Crippen LogP contribution in [0.5, 0.6) is 5.75 Å². The van der Waals surface area contributed by atoms with Crippen molar-refractivity contribution in [1.29, 1.82) is 0 Å². The Morgan fingerprint density at radius 3 is 2.27 bits per heavy atom. The molecule has 0 atom stereocenters. The minimum absolute atomic E-state index is 0.0638. The lowest BCUT2D eigenvalue weighted by molar-refractivity contribution is 0.104. The Kier molecular flexibility index (Phi) is 10.6. The number of nitrogens with zero attached hydrogens (tertiary/aromatic N) is 3. The molecule has 0 saturated carbocycles.